The van der Waals surface area contributed by atoms with Crippen molar-refractivity contribution in [3.05, 3.63) is 48.5 Å². The molecule has 1 aromatic heterocycles. The zero-order chi connectivity index (χ0) is 17.9. The molecule has 2 aromatic rings. The van der Waals surface area contributed by atoms with Gasteiger partial charge in [-0.3, -0.25) is 9.69 Å². The summed E-state index contributed by atoms with van der Waals surface area (Å²) in [5.74, 6) is 1.17. The van der Waals surface area contributed by atoms with Gasteiger partial charge in [-0.15, -0.1) is 0 Å². The molecule has 0 spiro atoms. The number of likely N-dealkylation sites (tertiary alicyclic amines) is 1. The molecule has 1 aromatic carbocycles. The smallest absolute Gasteiger partial charge is 0.223 e. The molecule has 0 aliphatic carbocycles. The van der Waals surface area contributed by atoms with E-state index >= 15 is 0 Å². The molecule has 1 amide bonds. The first kappa shape index (κ1) is 17.2. The number of nitrogens with two attached hydrogens (primary N) is 1. The van der Waals surface area contributed by atoms with Gasteiger partial charge in [0, 0.05) is 24.7 Å². The molecule has 2 N–H and O–H groups in total. The molecule has 6 nitrogen and oxygen atoms in total. The van der Waals surface area contributed by atoms with Crippen molar-refractivity contribution in [3.8, 4) is 5.69 Å². The van der Waals surface area contributed by atoms with Gasteiger partial charge in [0.1, 0.15) is 5.82 Å². The maximum Gasteiger partial charge on any atom is 0.223 e. The van der Waals surface area contributed by atoms with Crippen molar-refractivity contribution < 1.29 is 9.53 Å². The number of ether oxygens (including phenoxy) is 1. The first-order valence-corrected chi connectivity index (χ1v) is 9.43. The van der Waals surface area contributed by atoms with Gasteiger partial charge >= 0.3 is 0 Å². The summed E-state index contributed by atoms with van der Waals surface area (Å²) in [4.78, 5) is 18.6. The Kier molecular flexibility index (Phi) is 5.04. The zero-order valence-electron chi connectivity index (χ0n) is 15.0. The summed E-state index contributed by atoms with van der Waals surface area (Å²) < 4.78 is 8.00. The highest BCUT2D eigenvalue weighted by atomic mass is 16.5. The zero-order valence-corrected chi connectivity index (χ0v) is 15.0. The Bertz CT molecular complexity index is 737. The van der Waals surface area contributed by atoms with Crippen LogP contribution in [0.4, 0.5) is 0 Å². The second-order valence-electron chi connectivity index (χ2n) is 7.30. The minimum Gasteiger partial charge on any atom is -0.377 e. The summed E-state index contributed by atoms with van der Waals surface area (Å²) in [6.07, 6.45) is 6.75. The number of nitrogens with zero attached hydrogens (tertiary/aromatic N) is 3. The molecule has 6 heteroatoms. The third-order valence-electron chi connectivity index (χ3n) is 5.71. The van der Waals surface area contributed by atoms with Gasteiger partial charge in [-0.25, -0.2) is 4.98 Å². The summed E-state index contributed by atoms with van der Waals surface area (Å²) >= 11 is 0. The van der Waals surface area contributed by atoms with Gasteiger partial charge in [0.25, 0.3) is 0 Å². The Labute approximate surface area is 154 Å². The van der Waals surface area contributed by atoms with E-state index in [-0.39, 0.29) is 17.9 Å². The average molecular weight is 354 g/mol. The van der Waals surface area contributed by atoms with Crippen LogP contribution in [0.15, 0.2) is 42.7 Å². The lowest BCUT2D eigenvalue weighted by atomic mass is 9.84. The number of carbonyl (C=O) groups is 1. The van der Waals surface area contributed by atoms with E-state index in [1.54, 1.807) is 0 Å². The highest BCUT2D eigenvalue weighted by Crippen LogP contribution is 2.33. The number of carbonyl (C=O) groups excluding carboxylic acids is 1. The van der Waals surface area contributed by atoms with Crippen molar-refractivity contribution in [2.75, 3.05) is 19.7 Å². The fourth-order valence-corrected chi connectivity index (χ4v) is 4.29. The van der Waals surface area contributed by atoms with Gasteiger partial charge in [0.15, 0.2) is 0 Å². The standard InChI is InChI=1S/C20H26N4O2/c21-20(25)17-8-13-26-19(17)15-6-10-23(11-7-15)14-18-22-9-12-24(18)16-4-2-1-3-5-16/h1-5,9,12,15,17,19H,6-8,10-11,13-14H2,(H2,21,25)/t17-,19+/m0/s1. The number of primary amides is 1. The normalized spacial score (nSPS) is 24.8. The summed E-state index contributed by atoms with van der Waals surface area (Å²) in [5, 5.41) is 0. The summed E-state index contributed by atoms with van der Waals surface area (Å²) in [6.45, 7) is 3.49. The van der Waals surface area contributed by atoms with E-state index in [9.17, 15) is 4.79 Å². The van der Waals surface area contributed by atoms with E-state index in [0.717, 1.165) is 50.4 Å². The minimum absolute atomic E-state index is 0.0148. The first-order chi connectivity index (χ1) is 12.7. The average Bonchev–Trinajstić information content (AvgIpc) is 3.32. The molecule has 138 valence electrons. The highest BCUT2D eigenvalue weighted by molar-refractivity contribution is 5.77. The lowest BCUT2D eigenvalue weighted by Gasteiger charge is -2.35. The van der Waals surface area contributed by atoms with Crippen LogP contribution in [-0.4, -0.2) is 46.2 Å². The largest absolute Gasteiger partial charge is 0.377 e. The molecule has 0 radical (unpaired) electrons. The molecule has 2 fully saturated rings. The maximum absolute atomic E-state index is 11.6. The lowest BCUT2D eigenvalue weighted by molar-refractivity contribution is -0.124. The topological polar surface area (TPSA) is 73.4 Å². The second-order valence-corrected chi connectivity index (χ2v) is 7.30. The number of imidazole rings is 1. The Balaban J connectivity index is 1.37. The number of rotatable bonds is 5. The summed E-state index contributed by atoms with van der Waals surface area (Å²) in [6, 6.07) is 10.3. The number of aromatic nitrogens is 2. The van der Waals surface area contributed by atoms with Gasteiger partial charge < -0.3 is 15.0 Å². The van der Waals surface area contributed by atoms with Crippen molar-refractivity contribution in [2.24, 2.45) is 17.6 Å². The van der Waals surface area contributed by atoms with Crippen LogP contribution in [0.25, 0.3) is 5.69 Å². The number of amides is 1. The Hall–Kier alpha value is -2.18. The maximum atomic E-state index is 11.6. The van der Waals surface area contributed by atoms with Crippen molar-refractivity contribution in [1.29, 1.82) is 0 Å². The molecule has 2 saturated heterocycles. The summed E-state index contributed by atoms with van der Waals surface area (Å²) in [5.41, 5.74) is 6.68. The van der Waals surface area contributed by atoms with E-state index in [4.69, 9.17) is 10.5 Å². The quantitative estimate of drug-likeness (QED) is 0.891. The van der Waals surface area contributed by atoms with Gasteiger partial charge in [-0.1, -0.05) is 18.2 Å². The van der Waals surface area contributed by atoms with Crippen LogP contribution >= 0.6 is 0 Å². The third-order valence-corrected chi connectivity index (χ3v) is 5.71. The number of piperidine rings is 1. The van der Waals surface area contributed by atoms with Gasteiger partial charge in [-0.2, -0.15) is 0 Å². The number of benzene rings is 1. The summed E-state index contributed by atoms with van der Waals surface area (Å²) in [7, 11) is 0. The van der Waals surface area contributed by atoms with Crippen LogP contribution < -0.4 is 5.73 Å². The predicted molar refractivity (Wildman–Crippen MR) is 98.6 cm³/mol. The van der Waals surface area contributed by atoms with E-state index in [2.05, 4.69) is 26.6 Å². The SMILES string of the molecule is NC(=O)[C@H]1CCO[C@@H]1C1CCN(Cc2nccn2-c2ccccc2)CC1. The molecule has 2 atom stereocenters. The van der Waals surface area contributed by atoms with Crippen LogP contribution in [0.5, 0.6) is 0 Å². The van der Waals surface area contributed by atoms with Gasteiger partial charge in [-0.05, 0) is 50.4 Å². The molecular formula is C20H26N4O2. The Morgan fingerprint density at radius 2 is 1.96 bits per heavy atom. The van der Waals surface area contributed by atoms with Crippen LogP contribution in [-0.2, 0) is 16.1 Å². The molecule has 0 saturated carbocycles. The molecule has 2 aliphatic heterocycles. The van der Waals surface area contributed by atoms with E-state index in [1.165, 1.54) is 0 Å². The van der Waals surface area contributed by atoms with Gasteiger partial charge in [0.05, 0.1) is 18.6 Å². The fraction of sp³-hybridized carbons (Fsp3) is 0.500. The van der Waals surface area contributed by atoms with Crippen LogP contribution in [0.1, 0.15) is 25.1 Å². The van der Waals surface area contributed by atoms with E-state index < -0.39 is 0 Å². The third kappa shape index (κ3) is 3.52. The second kappa shape index (κ2) is 7.60. The number of para-hydroxylation sites is 1. The highest BCUT2D eigenvalue weighted by Gasteiger charge is 2.39. The van der Waals surface area contributed by atoms with E-state index in [1.807, 2.05) is 30.6 Å². The van der Waals surface area contributed by atoms with Crippen molar-refractivity contribution in [2.45, 2.75) is 31.9 Å². The molecule has 26 heavy (non-hydrogen) atoms. The monoisotopic (exact) mass is 354 g/mol. The fourth-order valence-electron chi connectivity index (χ4n) is 4.29. The molecule has 4 rings (SSSR count). The van der Waals surface area contributed by atoms with Crippen LogP contribution in [0.3, 0.4) is 0 Å². The molecule has 2 aliphatic rings. The Morgan fingerprint density at radius 1 is 1.19 bits per heavy atom. The first-order valence-electron chi connectivity index (χ1n) is 9.43. The minimum atomic E-state index is -0.209. The van der Waals surface area contributed by atoms with Crippen molar-refractivity contribution in [3.63, 3.8) is 0 Å². The molecule has 3 heterocycles. The molecule has 0 unspecified atom stereocenters. The lowest BCUT2D eigenvalue weighted by Crippen LogP contribution is -2.42. The van der Waals surface area contributed by atoms with E-state index in [0.29, 0.717) is 12.5 Å². The molecular weight excluding hydrogens is 328 g/mol. The molecule has 0 bridgehead atoms. The van der Waals surface area contributed by atoms with Crippen LogP contribution in [0, 0.1) is 11.8 Å². The van der Waals surface area contributed by atoms with Crippen molar-refractivity contribution in [1.82, 2.24) is 14.5 Å². The number of hydrogen-bond donors (Lipinski definition) is 1. The number of hydrogen-bond acceptors (Lipinski definition) is 4. The Morgan fingerprint density at radius 3 is 2.69 bits per heavy atom. The van der Waals surface area contributed by atoms with Crippen LogP contribution in [0.2, 0.25) is 0 Å². The predicted octanol–water partition coefficient (Wildman–Crippen LogP) is 1.97. The van der Waals surface area contributed by atoms with Crippen molar-refractivity contribution >= 4 is 5.91 Å². The van der Waals surface area contributed by atoms with Gasteiger partial charge in [0.2, 0.25) is 5.91 Å².